The van der Waals surface area contributed by atoms with Gasteiger partial charge in [0.25, 0.3) is 5.56 Å². The SMILES string of the molecule is Cc1cccc2cc(CN(Cc3ccccc3)C(=S)N[C@H](C)c3ccccc3)c(=O)[nH]c12. The van der Waals surface area contributed by atoms with Gasteiger partial charge in [-0.2, -0.15) is 0 Å². The third kappa shape index (κ3) is 5.06. The number of rotatable bonds is 6. The molecule has 0 amide bonds. The molecule has 2 N–H and O–H groups in total. The van der Waals surface area contributed by atoms with Crippen molar-refractivity contribution in [2.24, 2.45) is 0 Å². The van der Waals surface area contributed by atoms with Crippen molar-refractivity contribution >= 4 is 28.2 Å². The summed E-state index contributed by atoms with van der Waals surface area (Å²) in [6, 6.07) is 28.5. The highest BCUT2D eigenvalue weighted by Gasteiger charge is 2.16. The van der Waals surface area contributed by atoms with Gasteiger partial charge in [0.15, 0.2) is 5.11 Å². The number of hydrogen-bond acceptors (Lipinski definition) is 2. The topological polar surface area (TPSA) is 48.1 Å². The number of hydrogen-bond donors (Lipinski definition) is 2. The number of aryl methyl sites for hydroxylation is 1. The average Bonchev–Trinajstić information content (AvgIpc) is 2.81. The van der Waals surface area contributed by atoms with Crippen LogP contribution in [0.2, 0.25) is 0 Å². The van der Waals surface area contributed by atoms with Crippen molar-refractivity contribution in [2.45, 2.75) is 33.0 Å². The minimum Gasteiger partial charge on any atom is -0.356 e. The van der Waals surface area contributed by atoms with E-state index in [0.717, 1.165) is 27.6 Å². The number of pyridine rings is 1. The number of aromatic amines is 1. The van der Waals surface area contributed by atoms with Gasteiger partial charge in [-0.1, -0.05) is 78.9 Å². The van der Waals surface area contributed by atoms with Gasteiger partial charge in [-0.05, 0) is 54.2 Å². The van der Waals surface area contributed by atoms with Crippen molar-refractivity contribution in [3.8, 4) is 0 Å². The summed E-state index contributed by atoms with van der Waals surface area (Å²) in [5, 5.41) is 5.09. The van der Waals surface area contributed by atoms with Gasteiger partial charge in [-0.3, -0.25) is 4.79 Å². The van der Waals surface area contributed by atoms with Crippen molar-refractivity contribution < 1.29 is 0 Å². The first-order valence-electron chi connectivity index (χ1n) is 10.8. The quantitative estimate of drug-likeness (QED) is 0.389. The molecule has 4 aromatic rings. The molecule has 0 saturated carbocycles. The Morgan fingerprint density at radius 3 is 2.38 bits per heavy atom. The second-order valence-corrected chi connectivity index (χ2v) is 8.47. The van der Waals surface area contributed by atoms with Crippen LogP contribution in [0.5, 0.6) is 0 Å². The van der Waals surface area contributed by atoms with E-state index >= 15 is 0 Å². The van der Waals surface area contributed by atoms with Crippen molar-refractivity contribution in [1.29, 1.82) is 0 Å². The minimum absolute atomic E-state index is 0.0551. The van der Waals surface area contributed by atoms with E-state index in [9.17, 15) is 4.79 Å². The van der Waals surface area contributed by atoms with E-state index in [1.165, 1.54) is 0 Å². The Balaban J connectivity index is 1.62. The lowest BCUT2D eigenvalue weighted by Gasteiger charge is -2.28. The molecule has 1 heterocycles. The van der Waals surface area contributed by atoms with Gasteiger partial charge < -0.3 is 15.2 Å². The highest BCUT2D eigenvalue weighted by Crippen LogP contribution is 2.18. The lowest BCUT2D eigenvalue weighted by Crippen LogP contribution is -2.41. The van der Waals surface area contributed by atoms with E-state index in [-0.39, 0.29) is 11.6 Å². The molecule has 32 heavy (non-hydrogen) atoms. The van der Waals surface area contributed by atoms with Crippen LogP contribution in [0.25, 0.3) is 10.9 Å². The summed E-state index contributed by atoms with van der Waals surface area (Å²) >= 11 is 5.81. The summed E-state index contributed by atoms with van der Waals surface area (Å²) in [6.45, 7) is 5.12. The van der Waals surface area contributed by atoms with E-state index in [1.54, 1.807) is 0 Å². The van der Waals surface area contributed by atoms with Gasteiger partial charge in [0.05, 0.1) is 18.1 Å². The molecule has 5 heteroatoms. The van der Waals surface area contributed by atoms with Crippen LogP contribution in [-0.4, -0.2) is 15.0 Å². The van der Waals surface area contributed by atoms with E-state index in [2.05, 4.69) is 46.4 Å². The van der Waals surface area contributed by atoms with Crippen LogP contribution in [0.1, 0.15) is 35.2 Å². The van der Waals surface area contributed by atoms with Gasteiger partial charge in [-0.15, -0.1) is 0 Å². The Hall–Kier alpha value is -3.44. The molecule has 1 aromatic heterocycles. The Bertz CT molecular complexity index is 1270. The molecule has 4 rings (SSSR count). The van der Waals surface area contributed by atoms with Gasteiger partial charge in [0, 0.05) is 12.1 Å². The molecular formula is C27H27N3OS. The Labute approximate surface area is 193 Å². The van der Waals surface area contributed by atoms with Crippen molar-refractivity contribution in [3.63, 3.8) is 0 Å². The normalized spacial score (nSPS) is 11.8. The zero-order chi connectivity index (χ0) is 22.5. The number of thiocarbonyl (C=S) groups is 1. The summed E-state index contributed by atoms with van der Waals surface area (Å²) in [5.74, 6) is 0. The third-order valence-electron chi connectivity index (χ3n) is 5.67. The number of aromatic nitrogens is 1. The van der Waals surface area contributed by atoms with Gasteiger partial charge >= 0.3 is 0 Å². The maximum absolute atomic E-state index is 12.9. The number of nitrogens with zero attached hydrogens (tertiary/aromatic N) is 1. The maximum Gasteiger partial charge on any atom is 0.253 e. The van der Waals surface area contributed by atoms with E-state index in [4.69, 9.17) is 12.2 Å². The first kappa shape index (κ1) is 21.8. The van der Waals surface area contributed by atoms with E-state index < -0.39 is 0 Å². The molecule has 1 atom stereocenters. The first-order valence-corrected chi connectivity index (χ1v) is 11.2. The van der Waals surface area contributed by atoms with Crippen LogP contribution in [0.4, 0.5) is 0 Å². The summed E-state index contributed by atoms with van der Waals surface area (Å²) in [4.78, 5) is 18.0. The number of benzene rings is 3. The fourth-order valence-electron chi connectivity index (χ4n) is 3.86. The molecule has 0 radical (unpaired) electrons. The molecule has 0 saturated heterocycles. The molecular weight excluding hydrogens is 414 g/mol. The lowest BCUT2D eigenvalue weighted by atomic mass is 10.1. The van der Waals surface area contributed by atoms with Crippen LogP contribution < -0.4 is 10.9 Å². The van der Waals surface area contributed by atoms with E-state index in [0.29, 0.717) is 23.8 Å². The number of H-pyrrole nitrogens is 1. The predicted octanol–water partition coefficient (Wildman–Crippen LogP) is 5.47. The fraction of sp³-hybridized carbons (Fsp3) is 0.185. The minimum atomic E-state index is -0.0798. The highest BCUT2D eigenvalue weighted by molar-refractivity contribution is 7.80. The molecule has 4 nitrogen and oxygen atoms in total. The van der Waals surface area contributed by atoms with Gasteiger partial charge in [-0.25, -0.2) is 0 Å². The second kappa shape index (κ2) is 9.79. The first-order chi connectivity index (χ1) is 15.5. The molecule has 3 aromatic carbocycles. The number of fused-ring (bicyclic) bond motifs is 1. The monoisotopic (exact) mass is 441 g/mol. The van der Waals surface area contributed by atoms with Crippen molar-refractivity contribution in [1.82, 2.24) is 15.2 Å². The van der Waals surface area contributed by atoms with Crippen molar-refractivity contribution in [3.05, 3.63) is 118 Å². The van der Waals surface area contributed by atoms with Gasteiger partial charge in [0.1, 0.15) is 0 Å². The molecule has 0 fully saturated rings. The molecule has 162 valence electrons. The van der Waals surface area contributed by atoms with Crippen molar-refractivity contribution in [2.75, 3.05) is 0 Å². The van der Waals surface area contributed by atoms with Crippen LogP contribution in [-0.2, 0) is 13.1 Å². The largest absolute Gasteiger partial charge is 0.356 e. The molecule has 0 aliphatic rings. The third-order valence-corrected chi connectivity index (χ3v) is 6.05. The number of nitrogens with one attached hydrogen (secondary N) is 2. The molecule has 0 spiro atoms. The summed E-state index contributed by atoms with van der Waals surface area (Å²) in [5.41, 5.74) is 4.85. The standard InChI is InChI=1S/C27H27N3OS/c1-19-10-9-15-23-16-24(26(31)29-25(19)23)18-30(17-21-11-5-3-6-12-21)27(32)28-20(2)22-13-7-4-8-14-22/h3-16,20H,17-18H2,1-2H3,(H,28,32)(H,29,31)/t20-/m1/s1. The molecule has 0 unspecified atom stereocenters. The Morgan fingerprint density at radius 1 is 0.969 bits per heavy atom. The second-order valence-electron chi connectivity index (χ2n) is 8.09. The maximum atomic E-state index is 12.9. The van der Waals surface area contributed by atoms with E-state index in [1.807, 2.05) is 67.6 Å². The van der Waals surface area contributed by atoms with Crippen LogP contribution >= 0.6 is 12.2 Å². The average molecular weight is 442 g/mol. The zero-order valence-electron chi connectivity index (χ0n) is 18.3. The Morgan fingerprint density at radius 2 is 1.66 bits per heavy atom. The van der Waals surface area contributed by atoms with Crippen LogP contribution in [0.15, 0.2) is 89.7 Å². The summed E-state index contributed by atoms with van der Waals surface area (Å²) in [7, 11) is 0. The van der Waals surface area contributed by atoms with Gasteiger partial charge in [0.2, 0.25) is 0 Å². The predicted molar refractivity (Wildman–Crippen MR) is 136 cm³/mol. The highest BCUT2D eigenvalue weighted by atomic mass is 32.1. The number of para-hydroxylation sites is 1. The smallest absolute Gasteiger partial charge is 0.253 e. The summed E-state index contributed by atoms with van der Waals surface area (Å²) < 4.78 is 0. The summed E-state index contributed by atoms with van der Waals surface area (Å²) in [6.07, 6.45) is 0. The molecule has 0 aliphatic carbocycles. The van der Waals surface area contributed by atoms with Crippen LogP contribution in [0.3, 0.4) is 0 Å². The fourth-order valence-corrected chi connectivity index (χ4v) is 4.16. The Kier molecular flexibility index (Phi) is 6.66. The van der Waals surface area contributed by atoms with Crippen LogP contribution in [0, 0.1) is 6.92 Å². The zero-order valence-corrected chi connectivity index (χ0v) is 19.2. The molecule has 0 bridgehead atoms. The lowest BCUT2D eigenvalue weighted by molar-refractivity contribution is 0.392. The molecule has 0 aliphatic heterocycles.